The molecule has 0 radical (unpaired) electrons. The van der Waals surface area contributed by atoms with Crippen molar-refractivity contribution in [3.8, 4) is 0 Å². The fourth-order valence-electron chi connectivity index (χ4n) is 2.50. The summed E-state index contributed by atoms with van der Waals surface area (Å²) in [5.74, 6) is -0.759. The maximum absolute atomic E-state index is 12.2. The van der Waals surface area contributed by atoms with Gasteiger partial charge in [-0.3, -0.25) is 14.9 Å². The van der Waals surface area contributed by atoms with Crippen LogP contribution < -0.4 is 5.32 Å². The molecular formula is C12H15N5O4S2. The monoisotopic (exact) mass is 357 g/mol. The predicted molar refractivity (Wildman–Crippen MR) is 83.8 cm³/mol. The number of aromatic nitrogens is 2. The maximum atomic E-state index is 12.2. The summed E-state index contributed by atoms with van der Waals surface area (Å²) in [6, 6.07) is -0.487. The summed E-state index contributed by atoms with van der Waals surface area (Å²) in [4.78, 5) is 24.2. The maximum Gasteiger partial charge on any atom is 0.273 e. The van der Waals surface area contributed by atoms with Crippen LogP contribution in [0.25, 0.3) is 0 Å². The van der Waals surface area contributed by atoms with Gasteiger partial charge in [0.2, 0.25) is 11.0 Å². The molecule has 1 unspecified atom stereocenters. The van der Waals surface area contributed by atoms with E-state index in [0.29, 0.717) is 11.6 Å². The Labute approximate surface area is 136 Å². The summed E-state index contributed by atoms with van der Waals surface area (Å²) in [5, 5.41) is 16.5. The van der Waals surface area contributed by atoms with Crippen LogP contribution >= 0.6 is 11.3 Å². The van der Waals surface area contributed by atoms with E-state index in [4.69, 9.17) is 0 Å². The van der Waals surface area contributed by atoms with Crippen molar-refractivity contribution in [2.24, 2.45) is 5.10 Å². The first kappa shape index (κ1) is 16.0. The van der Waals surface area contributed by atoms with E-state index in [1.807, 2.05) is 0 Å². The number of carbonyl (C=O) groups is 2. The molecule has 1 aromatic rings. The summed E-state index contributed by atoms with van der Waals surface area (Å²) < 4.78 is 23.1. The summed E-state index contributed by atoms with van der Waals surface area (Å²) >= 11 is 1.24. The van der Waals surface area contributed by atoms with E-state index in [-0.39, 0.29) is 36.0 Å². The van der Waals surface area contributed by atoms with E-state index < -0.39 is 21.8 Å². The van der Waals surface area contributed by atoms with Crippen molar-refractivity contribution in [2.45, 2.75) is 32.2 Å². The van der Waals surface area contributed by atoms with Gasteiger partial charge in [-0.25, -0.2) is 13.4 Å². The molecule has 0 bridgehead atoms. The molecule has 3 rings (SSSR count). The van der Waals surface area contributed by atoms with Crippen molar-refractivity contribution >= 4 is 43.8 Å². The Morgan fingerprint density at radius 3 is 2.74 bits per heavy atom. The largest absolute Gasteiger partial charge is 0.295 e. The van der Waals surface area contributed by atoms with E-state index in [1.165, 1.54) is 11.3 Å². The van der Waals surface area contributed by atoms with E-state index in [9.17, 15) is 18.0 Å². The number of hydrazone groups is 1. The van der Waals surface area contributed by atoms with Crippen molar-refractivity contribution in [3.05, 3.63) is 5.01 Å². The molecule has 1 aromatic heterocycles. The molecule has 11 heteroatoms. The molecule has 2 amide bonds. The minimum absolute atomic E-state index is 0.0442. The second-order valence-corrected chi connectivity index (χ2v) is 8.83. The van der Waals surface area contributed by atoms with Gasteiger partial charge in [0.1, 0.15) is 10.7 Å². The molecule has 2 aliphatic rings. The predicted octanol–water partition coefficient (Wildman–Crippen LogP) is -0.0495. The number of sulfone groups is 1. The Morgan fingerprint density at radius 2 is 2.13 bits per heavy atom. The normalized spacial score (nSPS) is 23.7. The Morgan fingerprint density at radius 1 is 1.35 bits per heavy atom. The molecule has 1 fully saturated rings. The molecule has 2 aliphatic heterocycles. The highest BCUT2D eigenvalue weighted by Gasteiger charge is 2.37. The van der Waals surface area contributed by atoms with E-state index >= 15 is 0 Å². The third-order valence-corrected chi connectivity index (χ3v) is 6.13. The highest BCUT2D eigenvalue weighted by atomic mass is 32.2. The van der Waals surface area contributed by atoms with Crippen molar-refractivity contribution < 1.29 is 18.0 Å². The average Bonchev–Trinajstić information content (AvgIpc) is 3.05. The Balaban J connectivity index is 1.75. The number of rotatable bonds is 3. The van der Waals surface area contributed by atoms with Crippen LogP contribution in [0.3, 0.4) is 0 Å². The highest BCUT2D eigenvalue weighted by molar-refractivity contribution is 7.91. The second kappa shape index (κ2) is 5.96. The van der Waals surface area contributed by atoms with Crippen molar-refractivity contribution in [2.75, 3.05) is 16.8 Å². The van der Waals surface area contributed by atoms with Crippen LogP contribution in [-0.2, 0) is 19.4 Å². The SMILES string of the molecule is Cc1nnc(NC(=O)C2=NN(C3CCS(=O)(=O)C3)C(=O)CC2)s1. The quantitative estimate of drug-likeness (QED) is 0.809. The van der Waals surface area contributed by atoms with Gasteiger partial charge in [0.25, 0.3) is 5.91 Å². The average molecular weight is 357 g/mol. The van der Waals surface area contributed by atoms with Gasteiger partial charge in [-0.15, -0.1) is 10.2 Å². The number of nitrogens with zero attached hydrogens (tertiary/aromatic N) is 4. The number of anilines is 1. The molecule has 0 spiro atoms. The van der Waals surface area contributed by atoms with Crippen LogP contribution in [0.2, 0.25) is 0 Å². The van der Waals surface area contributed by atoms with Crippen LogP contribution in [0.4, 0.5) is 5.13 Å². The van der Waals surface area contributed by atoms with Gasteiger partial charge in [-0.1, -0.05) is 11.3 Å². The smallest absolute Gasteiger partial charge is 0.273 e. The third-order valence-electron chi connectivity index (χ3n) is 3.62. The molecule has 23 heavy (non-hydrogen) atoms. The third kappa shape index (κ3) is 3.55. The number of nitrogens with one attached hydrogen (secondary N) is 1. The van der Waals surface area contributed by atoms with Crippen LogP contribution in [0.5, 0.6) is 0 Å². The van der Waals surface area contributed by atoms with Crippen molar-refractivity contribution in [1.29, 1.82) is 0 Å². The minimum Gasteiger partial charge on any atom is -0.295 e. The summed E-state index contributed by atoms with van der Waals surface area (Å²) in [7, 11) is -3.13. The summed E-state index contributed by atoms with van der Waals surface area (Å²) in [6.45, 7) is 1.77. The van der Waals surface area contributed by atoms with Gasteiger partial charge in [0.15, 0.2) is 9.84 Å². The van der Waals surface area contributed by atoms with Gasteiger partial charge < -0.3 is 0 Å². The zero-order valence-electron chi connectivity index (χ0n) is 12.4. The van der Waals surface area contributed by atoms with E-state index in [1.54, 1.807) is 6.92 Å². The number of aryl methyl sites for hydroxylation is 1. The second-order valence-electron chi connectivity index (χ2n) is 5.42. The first-order valence-corrected chi connectivity index (χ1v) is 9.69. The molecule has 9 nitrogen and oxygen atoms in total. The minimum atomic E-state index is -3.13. The molecule has 1 saturated heterocycles. The molecule has 0 aliphatic carbocycles. The Hall–Kier alpha value is -1.88. The molecule has 124 valence electrons. The fourth-order valence-corrected chi connectivity index (χ4v) is 4.78. The van der Waals surface area contributed by atoms with Gasteiger partial charge in [0, 0.05) is 12.8 Å². The first-order chi connectivity index (χ1) is 10.8. The lowest BCUT2D eigenvalue weighted by molar-refractivity contribution is -0.133. The van der Waals surface area contributed by atoms with Crippen LogP contribution in [0.15, 0.2) is 5.10 Å². The molecule has 0 saturated carbocycles. The van der Waals surface area contributed by atoms with Gasteiger partial charge in [-0.05, 0) is 13.3 Å². The van der Waals surface area contributed by atoms with Crippen LogP contribution in [0.1, 0.15) is 24.3 Å². The molecule has 1 N–H and O–H groups in total. The molecule has 0 aromatic carbocycles. The van der Waals surface area contributed by atoms with Gasteiger partial charge in [0.05, 0.1) is 17.5 Å². The molecular weight excluding hydrogens is 342 g/mol. The number of hydrogen-bond acceptors (Lipinski definition) is 8. The zero-order chi connectivity index (χ0) is 16.6. The topological polar surface area (TPSA) is 122 Å². The van der Waals surface area contributed by atoms with Gasteiger partial charge >= 0.3 is 0 Å². The van der Waals surface area contributed by atoms with Crippen LogP contribution in [0, 0.1) is 6.92 Å². The summed E-state index contributed by atoms with van der Waals surface area (Å²) in [6.07, 6.45) is 0.707. The fraction of sp³-hybridized carbons (Fsp3) is 0.583. The van der Waals surface area contributed by atoms with Crippen molar-refractivity contribution in [1.82, 2.24) is 15.2 Å². The van der Waals surface area contributed by atoms with E-state index in [2.05, 4.69) is 20.6 Å². The highest BCUT2D eigenvalue weighted by Crippen LogP contribution is 2.22. The lowest BCUT2D eigenvalue weighted by atomic mass is 10.1. The Bertz CT molecular complexity index is 785. The lowest BCUT2D eigenvalue weighted by Gasteiger charge is -2.27. The van der Waals surface area contributed by atoms with Crippen LogP contribution in [-0.4, -0.2) is 58.7 Å². The van der Waals surface area contributed by atoms with Gasteiger partial charge in [-0.2, -0.15) is 5.10 Å². The number of carbonyl (C=O) groups excluding carboxylic acids is 2. The van der Waals surface area contributed by atoms with E-state index in [0.717, 1.165) is 10.0 Å². The molecule has 1 atom stereocenters. The summed E-state index contributed by atoms with van der Waals surface area (Å²) in [5.41, 5.74) is 0.196. The first-order valence-electron chi connectivity index (χ1n) is 7.05. The lowest BCUT2D eigenvalue weighted by Crippen LogP contribution is -2.42. The standard InChI is InChI=1S/C12H15N5O4S2/c1-7-14-15-12(22-7)13-11(19)9-2-3-10(18)17(16-9)8-4-5-23(20,21)6-8/h8H,2-6H2,1H3,(H,13,15,19). The Kier molecular flexibility index (Phi) is 4.15. The molecule has 3 heterocycles. The number of amides is 2. The number of hydrogen-bond donors (Lipinski definition) is 1. The van der Waals surface area contributed by atoms with Crippen molar-refractivity contribution in [3.63, 3.8) is 0 Å². The zero-order valence-corrected chi connectivity index (χ0v) is 14.0.